The van der Waals surface area contributed by atoms with Crippen molar-refractivity contribution >= 4 is 17.6 Å². The van der Waals surface area contributed by atoms with Crippen LogP contribution in [0.2, 0.25) is 0 Å². The first-order valence-corrected chi connectivity index (χ1v) is 10.2. The molecule has 8 nitrogen and oxygen atoms in total. The number of carbonyl (C=O) groups excluding carboxylic acids is 1. The van der Waals surface area contributed by atoms with Crippen molar-refractivity contribution in [2.24, 2.45) is 0 Å². The molecule has 1 aromatic heterocycles. The van der Waals surface area contributed by atoms with Gasteiger partial charge in [-0.3, -0.25) is 0 Å². The highest BCUT2D eigenvalue weighted by molar-refractivity contribution is 5.91. The molecule has 0 amide bonds. The van der Waals surface area contributed by atoms with Crippen LogP contribution in [0.25, 0.3) is 0 Å². The van der Waals surface area contributed by atoms with E-state index in [0.717, 1.165) is 29.0 Å². The number of nitrogens with zero attached hydrogens (tertiary/aromatic N) is 3. The Balaban J connectivity index is 1.46. The van der Waals surface area contributed by atoms with Gasteiger partial charge in [0.25, 0.3) is 0 Å². The Labute approximate surface area is 183 Å². The van der Waals surface area contributed by atoms with E-state index in [1.54, 1.807) is 19.1 Å². The van der Waals surface area contributed by atoms with Crippen LogP contribution in [0.1, 0.15) is 28.4 Å². The number of rotatable bonds is 6. The molecular formula is C23H20FN3O5. The Kier molecular flexibility index (Phi) is 5.22. The number of hydrogen-bond acceptors (Lipinski definition) is 8. The molecule has 0 atom stereocenters. The van der Waals surface area contributed by atoms with Gasteiger partial charge in [0.2, 0.25) is 18.6 Å². The van der Waals surface area contributed by atoms with Crippen molar-refractivity contribution in [3.05, 3.63) is 65.1 Å². The summed E-state index contributed by atoms with van der Waals surface area (Å²) in [5.41, 5.74) is 2.88. The van der Waals surface area contributed by atoms with Crippen molar-refractivity contribution in [2.45, 2.75) is 20.0 Å². The summed E-state index contributed by atoms with van der Waals surface area (Å²) in [7, 11) is 0. The van der Waals surface area contributed by atoms with Crippen molar-refractivity contribution in [1.29, 1.82) is 0 Å². The van der Waals surface area contributed by atoms with Gasteiger partial charge in [0.15, 0.2) is 11.5 Å². The standard InChI is InChI=1S/C23H20FN3O5/c1-2-29-22(28)17-11-25-23(26-21(17)30-12-14-3-5-16(24)6-4-14)27-8-7-15-9-19-20(10-18(15)27)32-13-31-19/h3-6,9-11H,2,7-8,12-13H2,1H3. The Bertz CT molecular complexity index is 1170. The van der Waals surface area contributed by atoms with E-state index < -0.39 is 5.97 Å². The number of fused-ring (bicyclic) bond motifs is 2. The van der Waals surface area contributed by atoms with Gasteiger partial charge in [-0.05, 0) is 42.7 Å². The fourth-order valence-electron chi connectivity index (χ4n) is 3.66. The zero-order chi connectivity index (χ0) is 22.1. The van der Waals surface area contributed by atoms with E-state index in [9.17, 15) is 9.18 Å². The number of esters is 1. The number of aromatic nitrogens is 2. The molecule has 0 spiro atoms. The molecule has 3 aromatic rings. The van der Waals surface area contributed by atoms with Gasteiger partial charge in [-0.1, -0.05) is 12.1 Å². The van der Waals surface area contributed by atoms with Gasteiger partial charge >= 0.3 is 5.97 Å². The molecule has 2 aliphatic heterocycles. The van der Waals surface area contributed by atoms with E-state index >= 15 is 0 Å². The molecule has 2 aliphatic rings. The zero-order valence-electron chi connectivity index (χ0n) is 17.3. The van der Waals surface area contributed by atoms with Gasteiger partial charge in [-0.25, -0.2) is 14.2 Å². The fourth-order valence-corrected chi connectivity index (χ4v) is 3.66. The molecule has 2 aromatic carbocycles. The molecule has 9 heteroatoms. The molecule has 5 rings (SSSR count). The summed E-state index contributed by atoms with van der Waals surface area (Å²) in [6.45, 7) is 2.90. The average Bonchev–Trinajstić information content (AvgIpc) is 3.43. The van der Waals surface area contributed by atoms with Crippen LogP contribution in [0.5, 0.6) is 17.4 Å². The highest BCUT2D eigenvalue weighted by Gasteiger charge is 2.28. The smallest absolute Gasteiger partial charge is 0.345 e. The Hall–Kier alpha value is -3.88. The second kappa shape index (κ2) is 8.33. The predicted octanol–water partition coefficient (Wildman–Crippen LogP) is 3.79. The van der Waals surface area contributed by atoms with Crippen LogP contribution in [0.4, 0.5) is 16.0 Å². The third kappa shape index (κ3) is 3.77. The topological polar surface area (TPSA) is 83.0 Å². The molecule has 0 radical (unpaired) electrons. The number of ether oxygens (including phenoxy) is 4. The van der Waals surface area contributed by atoms with Crippen LogP contribution in [0, 0.1) is 5.82 Å². The van der Waals surface area contributed by atoms with Gasteiger partial charge in [-0.15, -0.1) is 0 Å². The van der Waals surface area contributed by atoms with Crippen LogP contribution in [-0.4, -0.2) is 35.9 Å². The van der Waals surface area contributed by atoms with E-state index in [1.807, 2.05) is 17.0 Å². The lowest BCUT2D eigenvalue weighted by Gasteiger charge is -2.19. The number of halogens is 1. The molecular weight excluding hydrogens is 417 g/mol. The quantitative estimate of drug-likeness (QED) is 0.539. The summed E-state index contributed by atoms with van der Waals surface area (Å²) in [5.74, 6) is 0.994. The Morgan fingerprint density at radius 2 is 1.97 bits per heavy atom. The molecule has 0 bridgehead atoms. The average molecular weight is 437 g/mol. The summed E-state index contributed by atoms with van der Waals surface area (Å²) in [6.07, 6.45) is 2.20. The van der Waals surface area contributed by atoms with Crippen molar-refractivity contribution in [2.75, 3.05) is 24.8 Å². The van der Waals surface area contributed by atoms with Crippen molar-refractivity contribution in [3.63, 3.8) is 0 Å². The molecule has 164 valence electrons. The third-order valence-corrected chi connectivity index (χ3v) is 5.24. The predicted molar refractivity (Wildman–Crippen MR) is 112 cm³/mol. The minimum atomic E-state index is -0.571. The second-order valence-electron chi connectivity index (χ2n) is 7.26. The third-order valence-electron chi connectivity index (χ3n) is 5.24. The summed E-state index contributed by atoms with van der Waals surface area (Å²) in [6, 6.07) is 9.80. The lowest BCUT2D eigenvalue weighted by molar-refractivity contribution is 0.0519. The zero-order valence-corrected chi connectivity index (χ0v) is 17.3. The molecule has 0 fully saturated rings. The highest BCUT2D eigenvalue weighted by atomic mass is 19.1. The lowest BCUT2D eigenvalue weighted by Crippen LogP contribution is -2.18. The van der Waals surface area contributed by atoms with Crippen LogP contribution >= 0.6 is 0 Å². The number of benzene rings is 2. The Morgan fingerprint density at radius 1 is 1.19 bits per heavy atom. The summed E-state index contributed by atoms with van der Waals surface area (Å²) in [4.78, 5) is 23.3. The van der Waals surface area contributed by atoms with Gasteiger partial charge < -0.3 is 23.8 Å². The molecule has 0 saturated carbocycles. The van der Waals surface area contributed by atoms with E-state index in [4.69, 9.17) is 18.9 Å². The minimum Gasteiger partial charge on any atom is -0.472 e. The fraction of sp³-hybridized carbons (Fsp3) is 0.261. The van der Waals surface area contributed by atoms with E-state index in [0.29, 0.717) is 18.2 Å². The van der Waals surface area contributed by atoms with Crippen molar-refractivity contribution in [3.8, 4) is 17.4 Å². The summed E-state index contributed by atoms with van der Waals surface area (Å²) < 4.78 is 35.1. The monoisotopic (exact) mass is 437 g/mol. The molecule has 0 N–H and O–H groups in total. The number of hydrogen-bond donors (Lipinski definition) is 0. The summed E-state index contributed by atoms with van der Waals surface area (Å²) in [5, 5.41) is 0. The van der Waals surface area contributed by atoms with E-state index in [1.165, 1.54) is 18.3 Å². The van der Waals surface area contributed by atoms with Gasteiger partial charge in [0.05, 0.1) is 18.5 Å². The SMILES string of the molecule is CCOC(=O)c1cnc(N2CCc3cc4c(cc32)OCO4)nc1OCc1ccc(F)cc1. The number of anilines is 2. The van der Waals surface area contributed by atoms with Crippen molar-refractivity contribution < 1.29 is 28.1 Å². The highest BCUT2D eigenvalue weighted by Crippen LogP contribution is 2.43. The first-order chi connectivity index (χ1) is 15.6. The van der Waals surface area contributed by atoms with Crippen LogP contribution < -0.4 is 19.1 Å². The number of carbonyl (C=O) groups is 1. The van der Waals surface area contributed by atoms with E-state index in [2.05, 4.69) is 9.97 Å². The van der Waals surface area contributed by atoms with Crippen LogP contribution in [0.3, 0.4) is 0 Å². The van der Waals surface area contributed by atoms with Crippen LogP contribution in [-0.2, 0) is 17.8 Å². The maximum Gasteiger partial charge on any atom is 0.345 e. The summed E-state index contributed by atoms with van der Waals surface area (Å²) >= 11 is 0. The molecule has 3 heterocycles. The van der Waals surface area contributed by atoms with Gasteiger partial charge in [-0.2, -0.15) is 4.98 Å². The van der Waals surface area contributed by atoms with Gasteiger partial charge in [0.1, 0.15) is 18.0 Å². The van der Waals surface area contributed by atoms with Gasteiger partial charge in [0, 0.05) is 12.6 Å². The second-order valence-corrected chi connectivity index (χ2v) is 7.26. The molecule has 32 heavy (non-hydrogen) atoms. The maximum atomic E-state index is 13.2. The Morgan fingerprint density at radius 3 is 2.75 bits per heavy atom. The molecule has 0 saturated heterocycles. The van der Waals surface area contributed by atoms with Crippen LogP contribution in [0.15, 0.2) is 42.6 Å². The van der Waals surface area contributed by atoms with Crippen molar-refractivity contribution in [1.82, 2.24) is 9.97 Å². The molecule has 0 unspecified atom stereocenters. The molecule has 0 aliphatic carbocycles. The maximum absolute atomic E-state index is 13.2. The lowest BCUT2D eigenvalue weighted by atomic mass is 10.1. The van der Waals surface area contributed by atoms with E-state index in [-0.39, 0.29) is 37.3 Å². The first kappa shape index (κ1) is 20.0. The minimum absolute atomic E-state index is 0.104. The normalized spacial score (nSPS) is 13.8. The largest absolute Gasteiger partial charge is 0.472 e. The first-order valence-electron chi connectivity index (χ1n) is 10.2.